The minimum absolute atomic E-state index is 0. The van der Waals surface area contributed by atoms with Crippen molar-refractivity contribution in [1.82, 2.24) is 0 Å². The van der Waals surface area contributed by atoms with Crippen LogP contribution in [0.25, 0.3) is 0 Å². The van der Waals surface area contributed by atoms with Gasteiger partial charge in [-0.05, 0) is 18.6 Å². The van der Waals surface area contributed by atoms with Crippen molar-refractivity contribution in [2.45, 2.75) is 56.8 Å². The van der Waals surface area contributed by atoms with Crippen molar-refractivity contribution in [2.24, 2.45) is 0 Å². The van der Waals surface area contributed by atoms with Crippen LogP contribution in [0.5, 0.6) is 0 Å². The van der Waals surface area contributed by atoms with E-state index < -0.39 is 16.1 Å². The normalized spacial score (nSPS) is 10.1. The van der Waals surface area contributed by atoms with E-state index in [9.17, 15) is 13.2 Å². The quantitative estimate of drug-likeness (QED) is 0.416. The third kappa shape index (κ3) is 14.5. The maximum absolute atomic E-state index is 10.4. The van der Waals surface area contributed by atoms with Gasteiger partial charge in [0.05, 0.1) is 4.90 Å². The number of benzene rings is 1. The van der Waals surface area contributed by atoms with Crippen LogP contribution in [0.2, 0.25) is 0 Å². The molecule has 0 heterocycles. The Morgan fingerprint density at radius 1 is 1.05 bits per heavy atom. The molecule has 22 heavy (non-hydrogen) atoms. The minimum atomic E-state index is -4.00. The number of rotatable bonds is 8. The summed E-state index contributed by atoms with van der Waals surface area (Å²) in [6, 6.07) is 7.42. The first-order chi connectivity index (χ1) is 9.88. The average molecular weight is 340 g/mol. The molecule has 0 spiro atoms. The molecule has 0 atom stereocenters. The van der Waals surface area contributed by atoms with E-state index >= 15 is 0 Å². The van der Waals surface area contributed by atoms with Crippen molar-refractivity contribution in [3.8, 4) is 0 Å². The summed E-state index contributed by atoms with van der Waals surface area (Å²) >= 11 is 0. The molecule has 1 aromatic rings. The Bertz CT molecular complexity index is 494. The summed E-state index contributed by atoms with van der Waals surface area (Å²) < 4.78 is 29.2. The van der Waals surface area contributed by atoms with Gasteiger partial charge in [-0.25, -0.2) is 0 Å². The molecular formula is C15H25NaO5S. The molecule has 1 aromatic carbocycles. The van der Waals surface area contributed by atoms with Gasteiger partial charge in [0.1, 0.15) is 0 Å². The smallest absolute Gasteiger partial charge is 1.00 e. The molecule has 7 heteroatoms. The van der Waals surface area contributed by atoms with Crippen LogP contribution in [0, 0.1) is 0 Å². The molecule has 0 saturated carbocycles. The van der Waals surface area contributed by atoms with Gasteiger partial charge < -0.3 is 6.53 Å². The molecule has 0 unspecified atom stereocenters. The van der Waals surface area contributed by atoms with Crippen molar-refractivity contribution in [3.05, 3.63) is 30.3 Å². The number of unbranched alkanes of at least 4 members (excludes halogenated alkanes) is 5. The Morgan fingerprint density at radius 2 is 1.55 bits per heavy atom. The summed E-state index contributed by atoms with van der Waals surface area (Å²) in [4.78, 5) is 10.0. The zero-order valence-electron chi connectivity index (χ0n) is 14.4. The maximum Gasteiger partial charge on any atom is 1.00 e. The molecule has 0 saturated heterocycles. The Labute approximate surface area is 156 Å². The summed E-state index contributed by atoms with van der Waals surface area (Å²) in [5.41, 5.74) is 0. The zero-order valence-corrected chi connectivity index (χ0v) is 16.2. The average Bonchev–Trinajstić information content (AvgIpc) is 2.43. The fourth-order valence-electron chi connectivity index (χ4n) is 1.65. The van der Waals surface area contributed by atoms with E-state index in [1.165, 1.54) is 37.8 Å². The SMILES string of the molecule is CCCCCCCCC(=O)O.O=S(=O)(O)c1ccccc1.[H-].[Na+]. The largest absolute Gasteiger partial charge is 1.00 e. The van der Waals surface area contributed by atoms with E-state index in [1.54, 1.807) is 18.2 Å². The van der Waals surface area contributed by atoms with E-state index in [2.05, 4.69) is 6.92 Å². The van der Waals surface area contributed by atoms with Crippen LogP contribution in [-0.4, -0.2) is 24.0 Å². The van der Waals surface area contributed by atoms with Gasteiger partial charge in [0.2, 0.25) is 0 Å². The number of carbonyl (C=O) groups is 1. The van der Waals surface area contributed by atoms with Gasteiger partial charge in [-0.1, -0.05) is 57.2 Å². The Balaban J connectivity index is -0.000000321. The molecule has 0 aliphatic carbocycles. The molecule has 0 aliphatic rings. The number of carboxylic acid groups (broad SMARTS) is 1. The first kappa shape index (κ1) is 23.9. The van der Waals surface area contributed by atoms with Crippen LogP contribution in [0.1, 0.15) is 53.3 Å². The number of aliphatic carboxylic acids is 1. The second kappa shape index (κ2) is 14.2. The van der Waals surface area contributed by atoms with Crippen molar-refractivity contribution in [2.75, 3.05) is 0 Å². The van der Waals surface area contributed by atoms with Crippen molar-refractivity contribution < 1.29 is 53.9 Å². The molecule has 122 valence electrons. The van der Waals surface area contributed by atoms with Gasteiger partial charge in [-0.3, -0.25) is 9.35 Å². The van der Waals surface area contributed by atoms with E-state index in [0.29, 0.717) is 6.42 Å². The summed E-state index contributed by atoms with van der Waals surface area (Å²) in [6.45, 7) is 2.18. The third-order valence-corrected chi connectivity index (χ3v) is 3.65. The van der Waals surface area contributed by atoms with Gasteiger partial charge in [0.25, 0.3) is 10.1 Å². The minimum Gasteiger partial charge on any atom is -1.00 e. The van der Waals surface area contributed by atoms with Crippen molar-refractivity contribution in [3.63, 3.8) is 0 Å². The summed E-state index contributed by atoms with van der Waals surface area (Å²) in [6.07, 6.45) is 7.25. The predicted octanol–water partition coefficient (Wildman–Crippen LogP) is 0.871. The molecule has 2 N–H and O–H groups in total. The Kier molecular flexibility index (Phi) is 15.4. The fraction of sp³-hybridized carbons (Fsp3) is 0.533. The second-order valence-corrected chi connectivity index (χ2v) is 6.12. The molecule has 0 aromatic heterocycles. The monoisotopic (exact) mass is 340 g/mol. The van der Waals surface area contributed by atoms with Gasteiger partial charge in [-0.15, -0.1) is 0 Å². The Hall–Kier alpha value is -0.400. The molecule has 1 rings (SSSR count). The van der Waals surface area contributed by atoms with Gasteiger partial charge in [0, 0.05) is 6.42 Å². The molecule has 0 amide bonds. The van der Waals surface area contributed by atoms with Gasteiger partial charge in [0.15, 0.2) is 0 Å². The summed E-state index contributed by atoms with van der Waals surface area (Å²) in [5, 5.41) is 8.32. The molecule has 0 bridgehead atoms. The summed E-state index contributed by atoms with van der Waals surface area (Å²) in [7, 11) is -4.00. The number of hydrogen-bond donors (Lipinski definition) is 2. The van der Waals surface area contributed by atoms with E-state index in [0.717, 1.165) is 12.8 Å². The van der Waals surface area contributed by atoms with Crippen LogP contribution in [-0.2, 0) is 14.9 Å². The number of carboxylic acids is 1. The van der Waals surface area contributed by atoms with Crippen molar-refractivity contribution in [1.29, 1.82) is 0 Å². The van der Waals surface area contributed by atoms with E-state index in [1.807, 2.05) is 0 Å². The fourth-order valence-corrected chi connectivity index (χ4v) is 2.15. The van der Waals surface area contributed by atoms with Gasteiger partial charge >= 0.3 is 35.5 Å². The first-order valence-corrected chi connectivity index (χ1v) is 8.56. The maximum atomic E-state index is 10.4. The van der Waals surface area contributed by atoms with Crippen LogP contribution in [0.15, 0.2) is 35.2 Å². The molecule has 5 nitrogen and oxygen atoms in total. The van der Waals surface area contributed by atoms with Crippen molar-refractivity contribution >= 4 is 16.1 Å². The molecular weight excluding hydrogens is 315 g/mol. The number of hydrogen-bond acceptors (Lipinski definition) is 3. The third-order valence-electron chi connectivity index (χ3n) is 2.79. The Morgan fingerprint density at radius 3 is 1.95 bits per heavy atom. The van der Waals surface area contributed by atoms with Crippen LogP contribution < -0.4 is 29.6 Å². The summed E-state index contributed by atoms with van der Waals surface area (Å²) in [5.74, 6) is -0.666. The molecule has 0 radical (unpaired) electrons. The topological polar surface area (TPSA) is 91.7 Å². The molecule has 0 aliphatic heterocycles. The van der Waals surface area contributed by atoms with Gasteiger partial charge in [-0.2, -0.15) is 8.42 Å². The van der Waals surface area contributed by atoms with Crippen LogP contribution in [0.4, 0.5) is 0 Å². The van der Waals surface area contributed by atoms with E-state index in [4.69, 9.17) is 9.66 Å². The van der Waals surface area contributed by atoms with E-state index in [-0.39, 0.29) is 35.9 Å². The second-order valence-electron chi connectivity index (χ2n) is 4.70. The standard InChI is InChI=1S/C9H18O2.C6H6O3S.Na.H/c1-2-3-4-5-6-7-8-9(10)11;7-10(8,9)6-4-2-1-3-5-6;;/h2-8H2,1H3,(H,10,11);1-5H,(H,7,8,9);;/q;;+1;-1. The predicted molar refractivity (Wildman–Crippen MR) is 83.0 cm³/mol. The zero-order chi connectivity index (χ0) is 16.1. The molecule has 0 fully saturated rings. The first-order valence-electron chi connectivity index (χ1n) is 7.12. The van der Waals surface area contributed by atoms with Crippen LogP contribution in [0.3, 0.4) is 0 Å². The van der Waals surface area contributed by atoms with Crippen LogP contribution >= 0.6 is 0 Å².